The minimum absolute atomic E-state index is 0.165. The van der Waals surface area contributed by atoms with Gasteiger partial charge in [0.2, 0.25) is 0 Å². The molecule has 2 aromatic rings. The molecule has 0 aliphatic carbocycles. The number of fused-ring (bicyclic) bond motifs is 1. The number of aromatic amines is 1. The highest BCUT2D eigenvalue weighted by atomic mass is 16.7. The second-order valence-corrected chi connectivity index (χ2v) is 5.92. The van der Waals surface area contributed by atoms with Crippen molar-refractivity contribution in [1.82, 2.24) is 29.9 Å². The molecule has 0 radical (unpaired) electrons. The lowest BCUT2D eigenvalue weighted by Crippen LogP contribution is -2.49. The van der Waals surface area contributed by atoms with E-state index in [1.807, 2.05) is 6.07 Å². The van der Waals surface area contributed by atoms with Gasteiger partial charge in [0.15, 0.2) is 6.04 Å². The summed E-state index contributed by atoms with van der Waals surface area (Å²) in [6, 6.07) is 2.87. The maximum atomic E-state index is 12.9. The number of hydrogen-bond acceptors (Lipinski definition) is 5. The monoisotopic (exact) mass is 330 g/mol. The summed E-state index contributed by atoms with van der Waals surface area (Å²) in [6.07, 6.45) is 5.05. The van der Waals surface area contributed by atoms with Gasteiger partial charge in [-0.1, -0.05) is 0 Å². The number of hydroxylamine groups is 2. The summed E-state index contributed by atoms with van der Waals surface area (Å²) in [4.78, 5) is 32.6. The van der Waals surface area contributed by atoms with Crippen LogP contribution < -0.4 is 0 Å². The molecule has 24 heavy (non-hydrogen) atoms. The van der Waals surface area contributed by atoms with Crippen molar-refractivity contribution in [2.24, 2.45) is 0 Å². The highest BCUT2D eigenvalue weighted by Crippen LogP contribution is 2.24. The number of carbonyl (C=O) groups excluding carboxylic acids is 2. The van der Waals surface area contributed by atoms with E-state index in [1.165, 1.54) is 11.3 Å². The highest BCUT2D eigenvalue weighted by Gasteiger charge is 2.36. The van der Waals surface area contributed by atoms with Crippen molar-refractivity contribution >= 4 is 11.8 Å². The van der Waals surface area contributed by atoms with Gasteiger partial charge < -0.3 is 4.90 Å². The largest absolute Gasteiger partial charge is 0.329 e. The quantitative estimate of drug-likeness (QED) is 0.857. The molecule has 4 heterocycles. The van der Waals surface area contributed by atoms with Crippen LogP contribution in [0.1, 0.15) is 35.1 Å². The number of nitrogens with zero attached hydrogens (tertiary/aromatic N) is 5. The SMILES string of the molecule is O=C(c1ccn[nH]1)N1Cc2ccnn2[C@H](C(=O)N2CCCCO2)C1. The van der Waals surface area contributed by atoms with Crippen molar-refractivity contribution < 1.29 is 14.4 Å². The van der Waals surface area contributed by atoms with E-state index in [4.69, 9.17) is 4.84 Å². The molecule has 2 amide bonds. The van der Waals surface area contributed by atoms with Crippen LogP contribution in [0, 0.1) is 0 Å². The van der Waals surface area contributed by atoms with E-state index in [9.17, 15) is 9.59 Å². The minimum Gasteiger partial charge on any atom is -0.329 e. The number of rotatable bonds is 2. The molecular formula is C15H18N6O3. The Bertz CT molecular complexity index is 734. The second kappa shape index (κ2) is 6.08. The summed E-state index contributed by atoms with van der Waals surface area (Å²) in [7, 11) is 0. The van der Waals surface area contributed by atoms with Gasteiger partial charge in [-0.15, -0.1) is 0 Å². The predicted molar refractivity (Wildman–Crippen MR) is 81.5 cm³/mol. The Morgan fingerprint density at radius 1 is 1.25 bits per heavy atom. The molecule has 2 aliphatic heterocycles. The first-order valence-electron chi connectivity index (χ1n) is 7.99. The zero-order valence-corrected chi connectivity index (χ0v) is 13.1. The molecule has 0 spiro atoms. The maximum absolute atomic E-state index is 12.9. The summed E-state index contributed by atoms with van der Waals surface area (Å²) in [5, 5.41) is 12.2. The molecule has 2 aromatic heterocycles. The molecule has 0 unspecified atom stereocenters. The van der Waals surface area contributed by atoms with Crippen LogP contribution in [0.25, 0.3) is 0 Å². The van der Waals surface area contributed by atoms with E-state index < -0.39 is 6.04 Å². The number of H-pyrrole nitrogens is 1. The van der Waals surface area contributed by atoms with Crippen LogP contribution in [0.3, 0.4) is 0 Å². The Labute approximate surface area is 138 Å². The Morgan fingerprint density at radius 3 is 2.92 bits per heavy atom. The van der Waals surface area contributed by atoms with Gasteiger partial charge in [0, 0.05) is 18.9 Å². The summed E-state index contributed by atoms with van der Waals surface area (Å²) >= 11 is 0. The summed E-state index contributed by atoms with van der Waals surface area (Å²) in [5.41, 5.74) is 1.23. The molecule has 0 aromatic carbocycles. The number of amides is 2. The first-order chi connectivity index (χ1) is 11.7. The molecule has 126 valence electrons. The molecule has 2 aliphatic rings. The van der Waals surface area contributed by atoms with E-state index in [1.54, 1.807) is 21.8 Å². The fraction of sp³-hybridized carbons (Fsp3) is 0.467. The van der Waals surface area contributed by atoms with Crippen LogP contribution in [0.15, 0.2) is 24.5 Å². The average molecular weight is 330 g/mol. The lowest BCUT2D eigenvalue weighted by atomic mass is 10.1. The summed E-state index contributed by atoms with van der Waals surface area (Å²) in [6.45, 7) is 1.77. The van der Waals surface area contributed by atoms with E-state index in [0.717, 1.165) is 18.5 Å². The number of aromatic nitrogens is 4. The molecule has 1 saturated heterocycles. The van der Waals surface area contributed by atoms with Gasteiger partial charge in [-0.2, -0.15) is 10.2 Å². The van der Waals surface area contributed by atoms with E-state index in [-0.39, 0.29) is 18.4 Å². The lowest BCUT2D eigenvalue weighted by Gasteiger charge is -2.36. The van der Waals surface area contributed by atoms with Crippen molar-refractivity contribution in [3.8, 4) is 0 Å². The van der Waals surface area contributed by atoms with E-state index >= 15 is 0 Å². The molecule has 9 heteroatoms. The van der Waals surface area contributed by atoms with Crippen LogP contribution in [0.5, 0.6) is 0 Å². The van der Waals surface area contributed by atoms with Crippen LogP contribution in [0.4, 0.5) is 0 Å². The third kappa shape index (κ3) is 2.56. The standard InChI is InChI=1S/C15H18N6O3/c22-14(12-4-5-16-18-12)19-9-11-3-6-17-21(11)13(10-19)15(23)20-7-1-2-8-24-20/h3-6,13H,1-2,7-10H2,(H,16,18)/t13-/m0/s1. The number of hydrogen-bond donors (Lipinski definition) is 1. The normalized spacial score (nSPS) is 20.8. The molecular weight excluding hydrogens is 312 g/mol. The molecule has 0 bridgehead atoms. The lowest BCUT2D eigenvalue weighted by molar-refractivity contribution is -0.201. The fourth-order valence-corrected chi connectivity index (χ4v) is 3.11. The Balaban J connectivity index is 1.59. The zero-order chi connectivity index (χ0) is 16.5. The van der Waals surface area contributed by atoms with Crippen molar-refractivity contribution in [2.75, 3.05) is 19.7 Å². The van der Waals surface area contributed by atoms with Gasteiger partial charge in [0.25, 0.3) is 11.8 Å². The van der Waals surface area contributed by atoms with Crippen molar-refractivity contribution in [1.29, 1.82) is 0 Å². The topological polar surface area (TPSA) is 96.3 Å². The highest BCUT2D eigenvalue weighted by molar-refractivity contribution is 5.93. The predicted octanol–water partition coefficient (Wildman–Crippen LogP) is 0.357. The van der Waals surface area contributed by atoms with Gasteiger partial charge in [-0.25, -0.2) is 5.06 Å². The van der Waals surface area contributed by atoms with Gasteiger partial charge in [0.1, 0.15) is 5.69 Å². The zero-order valence-electron chi connectivity index (χ0n) is 13.1. The van der Waals surface area contributed by atoms with Crippen LogP contribution in [0.2, 0.25) is 0 Å². The third-order valence-corrected chi connectivity index (χ3v) is 4.35. The van der Waals surface area contributed by atoms with Crippen LogP contribution >= 0.6 is 0 Å². The van der Waals surface area contributed by atoms with Gasteiger partial charge in [-0.3, -0.25) is 24.2 Å². The third-order valence-electron chi connectivity index (χ3n) is 4.35. The van der Waals surface area contributed by atoms with E-state index in [0.29, 0.717) is 25.4 Å². The molecule has 9 nitrogen and oxygen atoms in total. The molecule has 4 rings (SSSR count). The summed E-state index contributed by atoms with van der Waals surface area (Å²) < 4.78 is 1.69. The van der Waals surface area contributed by atoms with Crippen molar-refractivity contribution in [2.45, 2.75) is 25.4 Å². The van der Waals surface area contributed by atoms with E-state index in [2.05, 4.69) is 15.3 Å². The first-order valence-corrected chi connectivity index (χ1v) is 7.99. The average Bonchev–Trinajstić information content (AvgIpc) is 3.31. The Hall–Kier alpha value is -2.68. The Kier molecular flexibility index (Phi) is 3.77. The van der Waals surface area contributed by atoms with Crippen LogP contribution in [-0.2, 0) is 16.2 Å². The van der Waals surface area contributed by atoms with Crippen molar-refractivity contribution in [3.05, 3.63) is 35.9 Å². The minimum atomic E-state index is -0.575. The molecule has 1 fully saturated rings. The smallest absolute Gasteiger partial charge is 0.272 e. The summed E-state index contributed by atoms with van der Waals surface area (Å²) in [5.74, 6) is -0.348. The van der Waals surface area contributed by atoms with Gasteiger partial charge in [-0.05, 0) is 25.0 Å². The number of carbonyl (C=O) groups is 2. The molecule has 0 saturated carbocycles. The molecule has 1 atom stereocenters. The first kappa shape index (κ1) is 14.9. The van der Waals surface area contributed by atoms with Gasteiger partial charge >= 0.3 is 0 Å². The Morgan fingerprint density at radius 2 is 2.17 bits per heavy atom. The second-order valence-electron chi connectivity index (χ2n) is 5.92. The maximum Gasteiger partial charge on any atom is 0.272 e. The fourth-order valence-electron chi connectivity index (χ4n) is 3.11. The van der Waals surface area contributed by atoms with Gasteiger partial charge in [0.05, 0.1) is 25.4 Å². The molecule has 1 N–H and O–H groups in total. The van der Waals surface area contributed by atoms with Crippen molar-refractivity contribution in [3.63, 3.8) is 0 Å². The number of nitrogens with one attached hydrogen (secondary N) is 1. The van der Waals surface area contributed by atoms with Crippen LogP contribution in [-0.4, -0.2) is 61.5 Å².